The van der Waals surface area contributed by atoms with Crippen LogP contribution in [0.2, 0.25) is 0 Å². The number of rotatable bonds is 11. The van der Waals surface area contributed by atoms with Gasteiger partial charge in [0, 0.05) is 26.0 Å². The SMILES string of the molecule is Cc1cc2[nH]c(Cn3cccc(NC(=O)C(CCC=CC(=O)N(C)C)NC(=O)O)c3=O)nc2c(CC(C)C)n1. The van der Waals surface area contributed by atoms with Crippen LogP contribution in [0.25, 0.3) is 11.0 Å². The van der Waals surface area contributed by atoms with Crippen molar-refractivity contribution in [2.45, 2.75) is 52.6 Å². The molecule has 3 amide bonds. The summed E-state index contributed by atoms with van der Waals surface area (Å²) in [7, 11) is 3.22. The highest BCUT2D eigenvalue weighted by Crippen LogP contribution is 2.19. The molecule has 0 radical (unpaired) electrons. The molecule has 0 aliphatic heterocycles. The highest BCUT2D eigenvalue weighted by atomic mass is 16.4. The zero-order valence-corrected chi connectivity index (χ0v) is 22.8. The van der Waals surface area contributed by atoms with Crippen LogP contribution in [0.1, 0.15) is 43.9 Å². The number of H-pyrrole nitrogens is 1. The number of anilines is 1. The van der Waals surface area contributed by atoms with Crippen molar-refractivity contribution < 1.29 is 19.5 Å². The van der Waals surface area contributed by atoms with Crippen molar-refractivity contribution in [3.63, 3.8) is 0 Å². The standard InChI is InChI=1S/C27H35N7O5/c1-16(2)13-20-24-21(14-17(3)28-20)29-22(32-24)15-34-12-8-10-19(26(34)37)30-25(36)18(31-27(38)39)9-6-7-11-23(35)33(4)5/h7-8,10-12,14,16,18,31H,6,9,13,15H2,1-5H3,(H,29,32)(H,30,36)(H,38,39). The summed E-state index contributed by atoms with van der Waals surface area (Å²) in [5.41, 5.74) is 2.93. The Morgan fingerprint density at radius 2 is 1.97 bits per heavy atom. The average Bonchev–Trinajstić information content (AvgIpc) is 3.25. The fourth-order valence-electron chi connectivity index (χ4n) is 4.02. The van der Waals surface area contributed by atoms with Gasteiger partial charge in [-0.25, -0.2) is 9.78 Å². The van der Waals surface area contributed by atoms with Crippen LogP contribution in [0.15, 0.2) is 41.3 Å². The van der Waals surface area contributed by atoms with Crippen molar-refractivity contribution in [3.05, 3.63) is 64.1 Å². The van der Waals surface area contributed by atoms with E-state index in [4.69, 9.17) is 0 Å². The molecule has 0 fully saturated rings. The largest absolute Gasteiger partial charge is 0.465 e. The van der Waals surface area contributed by atoms with E-state index >= 15 is 0 Å². The maximum atomic E-state index is 13.1. The Balaban J connectivity index is 1.77. The van der Waals surface area contributed by atoms with E-state index in [2.05, 4.69) is 39.4 Å². The topological polar surface area (TPSA) is 162 Å². The summed E-state index contributed by atoms with van der Waals surface area (Å²) in [5.74, 6) is 0.0706. The van der Waals surface area contributed by atoms with E-state index in [1.165, 1.54) is 21.6 Å². The van der Waals surface area contributed by atoms with E-state index in [0.717, 1.165) is 28.8 Å². The minimum atomic E-state index is -1.37. The van der Waals surface area contributed by atoms with Crippen LogP contribution in [0, 0.1) is 12.8 Å². The second-order valence-corrected chi connectivity index (χ2v) is 9.95. The number of carbonyl (C=O) groups is 3. The number of hydrogen-bond donors (Lipinski definition) is 4. The summed E-state index contributed by atoms with van der Waals surface area (Å²) in [6.07, 6.45) is 4.28. The number of likely N-dealkylation sites (N-methyl/N-ethyl adjacent to an activating group) is 1. The number of nitrogens with zero attached hydrogens (tertiary/aromatic N) is 4. The van der Waals surface area contributed by atoms with Crippen molar-refractivity contribution in [2.24, 2.45) is 5.92 Å². The fourth-order valence-corrected chi connectivity index (χ4v) is 4.02. The van der Waals surface area contributed by atoms with E-state index in [1.807, 2.05) is 13.0 Å². The summed E-state index contributed by atoms with van der Waals surface area (Å²) < 4.78 is 1.41. The van der Waals surface area contributed by atoms with E-state index in [1.54, 1.807) is 32.4 Å². The van der Waals surface area contributed by atoms with Crippen molar-refractivity contribution in [1.29, 1.82) is 0 Å². The van der Waals surface area contributed by atoms with Gasteiger partial charge < -0.3 is 30.2 Å². The van der Waals surface area contributed by atoms with Crippen LogP contribution in [0.5, 0.6) is 0 Å². The number of aromatic amines is 1. The lowest BCUT2D eigenvalue weighted by Gasteiger charge is -2.16. The summed E-state index contributed by atoms with van der Waals surface area (Å²) >= 11 is 0. The Kier molecular flexibility index (Phi) is 9.58. The number of pyridine rings is 2. The Morgan fingerprint density at radius 1 is 1.23 bits per heavy atom. The van der Waals surface area contributed by atoms with Gasteiger partial charge in [-0.1, -0.05) is 19.9 Å². The number of amides is 3. The number of carboxylic acid groups (broad SMARTS) is 1. The molecule has 0 saturated heterocycles. The third-order valence-corrected chi connectivity index (χ3v) is 5.86. The van der Waals surface area contributed by atoms with Crippen LogP contribution in [-0.4, -0.2) is 67.6 Å². The monoisotopic (exact) mass is 537 g/mol. The molecule has 0 bridgehead atoms. The minimum Gasteiger partial charge on any atom is -0.465 e. The number of aromatic nitrogens is 4. The average molecular weight is 538 g/mol. The van der Waals surface area contributed by atoms with Crippen LogP contribution < -0.4 is 16.2 Å². The Bertz CT molecular complexity index is 1440. The molecule has 0 spiro atoms. The summed E-state index contributed by atoms with van der Waals surface area (Å²) in [4.78, 5) is 62.9. The third kappa shape index (κ3) is 8.00. The normalized spacial score (nSPS) is 12.2. The van der Waals surface area contributed by atoms with Crippen molar-refractivity contribution >= 4 is 34.6 Å². The Morgan fingerprint density at radius 3 is 2.64 bits per heavy atom. The summed E-state index contributed by atoms with van der Waals surface area (Å²) in [6, 6.07) is 3.86. The Hall–Kier alpha value is -4.48. The van der Waals surface area contributed by atoms with Gasteiger partial charge in [0.25, 0.3) is 5.56 Å². The molecule has 208 valence electrons. The number of carbonyl (C=O) groups excluding carboxylic acids is 2. The maximum Gasteiger partial charge on any atom is 0.405 e. The second-order valence-electron chi connectivity index (χ2n) is 9.95. The number of fused-ring (bicyclic) bond motifs is 1. The molecule has 3 aromatic heterocycles. The summed E-state index contributed by atoms with van der Waals surface area (Å²) in [5, 5.41) is 13.9. The first-order chi connectivity index (χ1) is 18.4. The van der Waals surface area contributed by atoms with E-state index in [-0.39, 0.29) is 31.0 Å². The first kappa shape index (κ1) is 29.1. The van der Waals surface area contributed by atoms with Crippen LogP contribution in [-0.2, 0) is 22.6 Å². The fraction of sp³-hybridized carbons (Fsp3) is 0.407. The molecule has 0 saturated carbocycles. The predicted octanol–water partition coefficient (Wildman–Crippen LogP) is 2.67. The number of imidazole rings is 1. The zero-order valence-electron chi connectivity index (χ0n) is 22.8. The highest BCUT2D eigenvalue weighted by molar-refractivity contribution is 5.96. The minimum absolute atomic E-state index is 0.00661. The molecule has 1 unspecified atom stereocenters. The van der Waals surface area contributed by atoms with Gasteiger partial charge in [-0.3, -0.25) is 19.4 Å². The predicted molar refractivity (Wildman–Crippen MR) is 148 cm³/mol. The molecule has 3 aromatic rings. The molecule has 4 N–H and O–H groups in total. The molecule has 0 aromatic carbocycles. The number of nitrogens with one attached hydrogen (secondary N) is 3. The molecule has 3 heterocycles. The molecule has 12 heteroatoms. The molecule has 39 heavy (non-hydrogen) atoms. The molecule has 1 atom stereocenters. The molecular weight excluding hydrogens is 502 g/mol. The van der Waals surface area contributed by atoms with Gasteiger partial charge in [0.05, 0.1) is 17.8 Å². The third-order valence-electron chi connectivity index (χ3n) is 5.86. The van der Waals surface area contributed by atoms with Gasteiger partial charge in [-0.05, 0) is 56.4 Å². The molecule has 0 aliphatic rings. The van der Waals surface area contributed by atoms with Crippen LogP contribution in [0.3, 0.4) is 0 Å². The van der Waals surface area contributed by atoms with Crippen LogP contribution >= 0.6 is 0 Å². The second kappa shape index (κ2) is 12.9. The van der Waals surface area contributed by atoms with Crippen LogP contribution in [0.4, 0.5) is 10.5 Å². The van der Waals surface area contributed by atoms with Gasteiger partial charge in [0.15, 0.2) is 0 Å². The first-order valence-corrected chi connectivity index (χ1v) is 12.7. The van der Waals surface area contributed by atoms with Gasteiger partial charge in [0.1, 0.15) is 23.1 Å². The van der Waals surface area contributed by atoms with Gasteiger partial charge >= 0.3 is 6.09 Å². The quantitative estimate of drug-likeness (QED) is 0.273. The lowest BCUT2D eigenvalue weighted by Crippen LogP contribution is -2.44. The molecule has 3 rings (SSSR count). The lowest BCUT2D eigenvalue weighted by atomic mass is 10.1. The van der Waals surface area contributed by atoms with Gasteiger partial charge in [-0.15, -0.1) is 0 Å². The van der Waals surface area contributed by atoms with Crippen molar-refractivity contribution in [1.82, 2.24) is 29.7 Å². The number of allylic oxidation sites excluding steroid dienone is 1. The smallest absolute Gasteiger partial charge is 0.405 e. The van der Waals surface area contributed by atoms with E-state index in [9.17, 15) is 24.3 Å². The Labute approximate surface area is 226 Å². The van der Waals surface area contributed by atoms with Crippen molar-refractivity contribution in [2.75, 3.05) is 19.4 Å². The van der Waals surface area contributed by atoms with E-state index < -0.39 is 23.6 Å². The van der Waals surface area contributed by atoms with Gasteiger partial charge in [0.2, 0.25) is 11.8 Å². The molecular formula is C27H35N7O5. The highest BCUT2D eigenvalue weighted by Gasteiger charge is 2.21. The van der Waals surface area contributed by atoms with Gasteiger partial charge in [-0.2, -0.15) is 0 Å². The molecule has 12 nitrogen and oxygen atoms in total. The summed E-state index contributed by atoms with van der Waals surface area (Å²) in [6.45, 7) is 6.29. The number of hydrogen-bond acceptors (Lipinski definition) is 6. The zero-order chi connectivity index (χ0) is 28.7. The first-order valence-electron chi connectivity index (χ1n) is 12.7. The molecule has 0 aliphatic carbocycles. The number of aryl methyl sites for hydroxylation is 1. The lowest BCUT2D eigenvalue weighted by molar-refractivity contribution is -0.123. The van der Waals surface area contributed by atoms with Crippen molar-refractivity contribution in [3.8, 4) is 0 Å². The maximum absolute atomic E-state index is 13.1. The van der Waals surface area contributed by atoms with E-state index in [0.29, 0.717) is 11.7 Å².